The number of nitrogens with zero attached hydrogens (tertiary/aromatic N) is 1. The van der Waals surface area contributed by atoms with Gasteiger partial charge in [0.25, 0.3) is 0 Å². The fourth-order valence-electron chi connectivity index (χ4n) is 2.57. The maximum absolute atomic E-state index is 11.9. The maximum atomic E-state index is 11.9. The lowest BCUT2D eigenvalue weighted by molar-refractivity contribution is 0.0160. The third-order valence-corrected chi connectivity index (χ3v) is 3.69. The van der Waals surface area contributed by atoms with Crippen molar-refractivity contribution in [2.75, 3.05) is 19.6 Å². The molecule has 1 rings (SSSR count). The van der Waals surface area contributed by atoms with Crippen LogP contribution in [0.4, 0.5) is 4.79 Å². The van der Waals surface area contributed by atoms with Gasteiger partial charge in [0.15, 0.2) is 0 Å². The average Bonchev–Trinajstić information content (AvgIpc) is 2.29. The maximum Gasteiger partial charge on any atom is 0.410 e. The van der Waals surface area contributed by atoms with Gasteiger partial charge in [-0.15, -0.1) is 0 Å². The van der Waals surface area contributed by atoms with Crippen molar-refractivity contribution in [3.63, 3.8) is 0 Å². The molecule has 1 heterocycles. The quantitative estimate of drug-likeness (QED) is 0.844. The monoisotopic (exact) mass is 256 g/mol. The SMILES string of the molecule is CCC(CN)C1CCN(C(=O)OC(C)(C)C)CC1. The van der Waals surface area contributed by atoms with Gasteiger partial charge in [0.1, 0.15) is 5.60 Å². The first-order valence-electron chi connectivity index (χ1n) is 7.05. The number of likely N-dealkylation sites (tertiary alicyclic amines) is 1. The molecule has 106 valence electrons. The van der Waals surface area contributed by atoms with Gasteiger partial charge in [-0.05, 0) is 52.0 Å². The first-order chi connectivity index (χ1) is 8.37. The van der Waals surface area contributed by atoms with Gasteiger partial charge in [0, 0.05) is 13.1 Å². The lowest BCUT2D eigenvalue weighted by Gasteiger charge is -2.36. The molecule has 0 radical (unpaired) electrons. The molecule has 0 bridgehead atoms. The van der Waals surface area contributed by atoms with Crippen LogP contribution in [0, 0.1) is 11.8 Å². The molecule has 1 saturated heterocycles. The largest absolute Gasteiger partial charge is 0.444 e. The lowest BCUT2D eigenvalue weighted by Crippen LogP contribution is -2.43. The molecule has 0 aromatic rings. The van der Waals surface area contributed by atoms with Crippen molar-refractivity contribution < 1.29 is 9.53 Å². The summed E-state index contributed by atoms with van der Waals surface area (Å²) in [4.78, 5) is 13.7. The predicted molar refractivity (Wildman–Crippen MR) is 73.4 cm³/mol. The smallest absolute Gasteiger partial charge is 0.410 e. The zero-order valence-corrected chi connectivity index (χ0v) is 12.2. The number of piperidine rings is 1. The van der Waals surface area contributed by atoms with Gasteiger partial charge >= 0.3 is 6.09 Å². The number of carbonyl (C=O) groups is 1. The van der Waals surface area contributed by atoms with Crippen LogP contribution in [0.3, 0.4) is 0 Å². The van der Waals surface area contributed by atoms with E-state index in [-0.39, 0.29) is 6.09 Å². The highest BCUT2D eigenvalue weighted by Gasteiger charge is 2.29. The van der Waals surface area contributed by atoms with E-state index in [1.54, 1.807) is 0 Å². The van der Waals surface area contributed by atoms with Crippen LogP contribution in [-0.2, 0) is 4.74 Å². The van der Waals surface area contributed by atoms with Crippen LogP contribution in [0.2, 0.25) is 0 Å². The Labute approximate surface area is 111 Å². The predicted octanol–water partition coefficient (Wildman–Crippen LogP) is 2.62. The van der Waals surface area contributed by atoms with Crippen LogP contribution in [0.25, 0.3) is 0 Å². The highest BCUT2D eigenvalue weighted by Crippen LogP contribution is 2.27. The van der Waals surface area contributed by atoms with Crippen molar-refractivity contribution in [2.45, 2.75) is 52.6 Å². The van der Waals surface area contributed by atoms with Crippen LogP contribution in [0.5, 0.6) is 0 Å². The van der Waals surface area contributed by atoms with Crippen molar-refractivity contribution in [2.24, 2.45) is 17.6 Å². The van der Waals surface area contributed by atoms with E-state index in [1.807, 2.05) is 25.7 Å². The third kappa shape index (κ3) is 4.48. The van der Waals surface area contributed by atoms with Crippen LogP contribution >= 0.6 is 0 Å². The van der Waals surface area contributed by atoms with Gasteiger partial charge in [-0.3, -0.25) is 0 Å². The molecule has 0 aliphatic carbocycles. The minimum absolute atomic E-state index is 0.179. The molecule has 4 nitrogen and oxygen atoms in total. The average molecular weight is 256 g/mol. The molecule has 1 unspecified atom stereocenters. The fraction of sp³-hybridized carbons (Fsp3) is 0.929. The van der Waals surface area contributed by atoms with Crippen LogP contribution in [-0.4, -0.2) is 36.2 Å². The first-order valence-corrected chi connectivity index (χ1v) is 7.05. The third-order valence-electron chi connectivity index (χ3n) is 3.69. The number of rotatable bonds is 3. The second kappa shape index (κ2) is 6.41. The van der Waals surface area contributed by atoms with Crippen molar-refractivity contribution in [1.29, 1.82) is 0 Å². The van der Waals surface area contributed by atoms with Crippen molar-refractivity contribution in [3.05, 3.63) is 0 Å². The van der Waals surface area contributed by atoms with Gasteiger partial charge in [0.2, 0.25) is 0 Å². The van der Waals surface area contributed by atoms with Gasteiger partial charge < -0.3 is 15.4 Å². The first kappa shape index (κ1) is 15.3. The van der Waals surface area contributed by atoms with Gasteiger partial charge in [-0.2, -0.15) is 0 Å². The zero-order chi connectivity index (χ0) is 13.8. The zero-order valence-electron chi connectivity index (χ0n) is 12.2. The van der Waals surface area contributed by atoms with Gasteiger partial charge in [-0.1, -0.05) is 13.3 Å². The van der Waals surface area contributed by atoms with Crippen LogP contribution < -0.4 is 5.73 Å². The van der Waals surface area contributed by atoms with E-state index in [1.165, 1.54) is 0 Å². The summed E-state index contributed by atoms with van der Waals surface area (Å²) in [6.45, 7) is 10.3. The topological polar surface area (TPSA) is 55.6 Å². The standard InChI is InChI=1S/C14H28N2O2/c1-5-11(10-15)12-6-8-16(9-7-12)13(17)18-14(2,3)4/h11-12H,5-10,15H2,1-4H3. The summed E-state index contributed by atoms with van der Waals surface area (Å²) in [5.74, 6) is 1.27. The molecule has 2 N–H and O–H groups in total. The highest BCUT2D eigenvalue weighted by molar-refractivity contribution is 5.68. The Bertz CT molecular complexity index is 261. The summed E-state index contributed by atoms with van der Waals surface area (Å²) in [6, 6.07) is 0. The molecule has 0 aromatic heterocycles. The summed E-state index contributed by atoms with van der Waals surface area (Å²) >= 11 is 0. The van der Waals surface area contributed by atoms with E-state index in [2.05, 4.69) is 6.92 Å². The Morgan fingerprint density at radius 3 is 2.33 bits per heavy atom. The number of ether oxygens (including phenoxy) is 1. The number of hydrogen-bond acceptors (Lipinski definition) is 3. The summed E-state index contributed by atoms with van der Waals surface area (Å²) in [5, 5.41) is 0. The van der Waals surface area contributed by atoms with E-state index < -0.39 is 5.60 Å². The minimum Gasteiger partial charge on any atom is -0.444 e. The molecule has 4 heteroatoms. The summed E-state index contributed by atoms with van der Waals surface area (Å²) < 4.78 is 5.39. The lowest BCUT2D eigenvalue weighted by atomic mass is 9.83. The second-order valence-corrected chi connectivity index (χ2v) is 6.21. The summed E-state index contributed by atoms with van der Waals surface area (Å²) in [5.41, 5.74) is 5.38. The van der Waals surface area contributed by atoms with Gasteiger partial charge in [-0.25, -0.2) is 4.79 Å². The molecule has 1 amide bonds. The normalized spacial score (nSPS) is 19.7. The molecular weight excluding hydrogens is 228 g/mol. The number of hydrogen-bond donors (Lipinski definition) is 1. The van der Waals surface area contributed by atoms with Gasteiger partial charge in [0.05, 0.1) is 0 Å². The summed E-state index contributed by atoms with van der Waals surface area (Å²) in [6.07, 6.45) is 3.05. The molecule has 1 aliphatic rings. The Kier molecular flexibility index (Phi) is 5.45. The molecule has 18 heavy (non-hydrogen) atoms. The molecule has 1 aliphatic heterocycles. The van der Waals surface area contributed by atoms with Crippen molar-refractivity contribution in [3.8, 4) is 0 Å². The number of carbonyl (C=O) groups excluding carboxylic acids is 1. The molecule has 1 fully saturated rings. The van der Waals surface area contributed by atoms with E-state index >= 15 is 0 Å². The Morgan fingerprint density at radius 1 is 1.39 bits per heavy atom. The Morgan fingerprint density at radius 2 is 1.94 bits per heavy atom. The molecule has 0 spiro atoms. The number of nitrogens with two attached hydrogens (primary N) is 1. The summed E-state index contributed by atoms with van der Waals surface area (Å²) in [7, 11) is 0. The van der Waals surface area contributed by atoms with Crippen LogP contribution in [0.15, 0.2) is 0 Å². The minimum atomic E-state index is -0.406. The van der Waals surface area contributed by atoms with Crippen molar-refractivity contribution >= 4 is 6.09 Å². The molecule has 1 atom stereocenters. The van der Waals surface area contributed by atoms with Crippen LogP contribution in [0.1, 0.15) is 47.0 Å². The Balaban J connectivity index is 2.41. The van der Waals surface area contributed by atoms with E-state index in [4.69, 9.17) is 10.5 Å². The molecule has 0 aromatic carbocycles. The molecular formula is C14H28N2O2. The number of amides is 1. The molecule has 0 saturated carbocycles. The second-order valence-electron chi connectivity index (χ2n) is 6.21. The Hall–Kier alpha value is -0.770. The fourth-order valence-corrected chi connectivity index (χ4v) is 2.57. The van der Waals surface area contributed by atoms with Crippen molar-refractivity contribution in [1.82, 2.24) is 4.90 Å². The highest BCUT2D eigenvalue weighted by atomic mass is 16.6. The van der Waals surface area contributed by atoms with E-state index in [9.17, 15) is 4.79 Å². The van der Waals surface area contributed by atoms with E-state index in [0.717, 1.165) is 38.9 Å². The van der Waals surface area contributed by atoms with E-state index in [0.29, 0.717) is 11.8 Å².